The van der Waals surface area contributed by atoms with Crippen LogP contribution in [0.2, 0.25) is 0 Å². The minimum absolute atomic E-state index is 0.127. The lowest BCUT2D eigenvalue weighted by Crippen LogP contribution is -2.02. The molecule has 4 heteroatoms. The maximum atomic E-state index is 12.6. The van der Waals surface area contributed by atoms with E-state index in [1.165, 1.54) is 19.4 Å². The average molecular weight is 279 g/mol. The van der Waals surface area contributed by atoms with E-state index in [1.54, 1.807) is 6.07 Å². The molecule has 0 bridgehead atoms. The van der Waals surface area contributed by atoms with Crippen molar-refractivity contribution in [2.24, 2.45) is 0 Å². The SMILES string of the molecule is COC(=O)c1cc(C(=O)c2cccc3ccccc23)c[nH]1. The molecular formula is C17H13NO3. The zero-order chi connectivity index (χ0) is 14.8. The lowest BCUT2D eigenvalue weighted by atomic mass is 9.98. The van der Waals surface area contributed by atoms with Gasteiger partial charge in [0.1, 0.15) is 5.69 Å². The maximum absolute atomic E-state index is 12.6. The van der Waals surface area contributed by atoms with Crippen LogP contribution in [0.1, 0.15) is 26.4 Å². The van der Waals surface area contributed by atoms with Gasteiger partial charge in [-0.25, -0.2) is 4.79 Å². The second-order valence-electron chi connectivity index (χ2n) is 4.65. The first-order chi connectivity index (χ1) is 10.2. The molecule has 0 saturated heterocycles. The molecule has 0 aliphatic heterocycles. The molecule has 0 radical (unpaired) electrons. The smallest absolute Gasteiger partial charge is 0.354 e. The number of hydrogen-bond donors (Lipinski definition) is 1. The predicted molar refractivity (Wildman–Crippen MR) is 79.5 cm³/mol. The fourth-order valence-electron chi connectivity index (χ4n) is 2.33. The molecule has 104 valence electrons. The highest BCUT2D eigenvalue weighted by molar-refractivity contribution is 6.16. The minimum atomic E-state index is -0.494. The summed E-state index contributed by atoms with van der Waals surface area (Å²) in [6.07, 6.45) is 1.52. The molecule has 21 heavy (non-hydrogen) atoms. The maximum Gasteiger partial charge on any atom is 0.354 e. The number of fused-ring (bicyclic) bond motifs is 1. The highest BCUT2D eigenvalue weighted by Crippen LogP contribution is 2.21. The number of esters is 1. The minimum Gasteiger partial charge on any atom is -0.464 e. The lowest BCUT2D eigenvalue weighted by Gasteiger charge is -2.04. The van der Waals surface area contributed by atoms with Crippen LogP contribution in [0.4, 0.5) is 0 Å². The van der Waals surface area contributed by atoms with Gasteiger partial charge < -0.3 is 9.72 Å². The third kappa shape index (κ3) is 2.31. The first kappa shape index (κ1) is 13.1. The van der Waals surface area contributed by atoms with Crippen LogP contribution in [-0.4, -0.2) is 23.8 Å². The fraction of sp³-hybridized carbons (Fsp3) is 0.0588. The quantitative estimate of drug-likeness (QED) is 0.591. The van der Waals surface area contributed by atoms with Gasteiger partial charge in [-0.3, -0.25) is 4.79 Å². The number of ketones is 1. The van der Waals surface area contributed by atoms with Gasteiger partial charge in [0, 0.05) is 17.3 Å². The van der Waals surface area contributed by atoms with E-state index in [0.717, 1.165) is 10.8 Å². The van der Waals surface area contributed by atoms with Crippen molar-refractivity contribution in [2.75, 3.05) is 7.11 Å². The first-order valence-corrected chi connectivity index (χ1v) is 6.50. The molecule has 3 aromatic rings. The van der Waals surface area contributed by atoms with Crippen molar-refractivity contribution in [1.82, 2.24) is 4.98 Å². The topological polar surface area (TPSA) is 59.2 Å². The number of H-pyrrole nitrogens is 1. The second kappa shape index (κ2) is 5.25. The summed E-state index contributed by atoms with van der Waals surface area (Å²) in [5, 5.41) is 1.90. The molecule has 2 aromatic carbocycles. The summed E-state index contributed by atoms with van der Waals surface area (Å²) < 4.78 is 4.62. The Balaban J connectivity index is 2.05. The molecule has 0 aliphatic rings. The van der Waals surface area contributed by atoms with Crippen molar-refractivity contribution in [3.05, 3.63) is 71.5 Å². The van der Waals surface area contributed by atoms with Crippen molar-refractivity contribution in [3.8, 4) is 0 Å². The molecule has 0 unspecified atom stereocenters. The molecule has 1 heterocycles. The van der Waals surface area contributed by atoms with Crippen LogP contribution in [0.3, 0.4) is 0 Å². The molecule has 1 aromatic heterocycles. The molecule has 3 rings (SSSR count). The van der Waals surface area contributed by atoms with E-state index in [0.29, 0.717) is 11.1 Å². The molecule has 0 saturated carbocycles. The Morgan fingerprint density at radius 2 is 1.81 bits per heavy atom. The number of benzene rings is 2. The van der Waals surface area contributed by atoms with Crippen LogP contribution in [0, 0.1) is 0 Å². The third-order valence-corrected chi connectivity index (χ3v) is 3.38. The van der Waals surface area contributed by atoms with E-state index in [2.05, 4.69) is 9.72 Å². The Bertz CT molecular complexity index is 827. The van der Waals surface area contributed by atoms with Crippen molar-refractivity contribution < 1.29 is 14.3 Å². The molecule has 4 nitrogen and oxygen atoms in total. The van der Waals surface area contributed by atoms with Crippen molar-refractivity contribution in [1.29, 1.82) is 0 Å². The Hall–Kier alpha value is -2.88. The van der Waals surface area contributed by atoms with Gasteiger partial charge in [-0.2, -0.15) is 0 Å². The molecule has 0 spiro atoms. The van der Waals surface area contributed by atoms with Gasteiger partial charge in [0.2, 0.25) is 0 Å². The Morgan fingerprint density at radius 1 is 1.05 bits per heavy atom. The normalized spacial score (nSPS) is 10.5. The summed E-state index contributed by atoms with van der Waals surface area (Å²) in [6.45, 7) is 0. The van der Waals surface area contributed by atoms with Gasteiger partial charge in [-0.15, -0.1) is 0 Å². The zero-order valence-electron chi connectivity index (χ0n) is 11.4. The summed E-state index contributed by atoms with van der Waals surface area (Å²) in [5.74, 6) is -0.620. The molecule has 1 N–H and O–H groups in total. The largest absolute Gasteiger partial charge is 0.464 e. The zero-order valence-corrected chi connectivity index (χ0v) is 11.4. The number of nitrogens with one attached hydrogen (secondary N) is 1. The average Bonchev–Trinajstić information content (AvgIpc) is 3.03. The number of methoxy groups -OCH3 is 1. The summed E-state index contributed by atoms with van der Waals surface area (Å²) in [7, 11) is 1.30. The van der Waals surface area contributed by atoms with E-state index in [1.807, 2.05) is 36.4 Å². The summed E-state index contributed by atoms with van der Waals surface area (Å²) in [5.41, 5.74) is 1.32. The standard InChI is InChI=1S/C17H13NO3/c1-21-17(20)15-9-12(10-18-15)16(19)14-8-4-6-11-5-2-3-7-13(11)14/h2-10,18H,1H3. The Kier molecular flexibility index (Phi) is 3.28. The van der Waals surface area contributed by atoms with Crippen molar-refractivity contribution in [2.45, 2.75) is 0 Å². The fourth-order valence-corrected chi connectivity index (χ4v) is 2.33. The molecule has 0 fully saturated rings. The predicted octanol–water partition coefficient (Wildman–Crippen LogP) is 3.19. The summed E-state index contributed by atoms with van der Waals surface area (Å²) in [6, 6.07) is 14.8. The second-order valence-corrected chi connectivity index (χ2v) is 4.65. The highest BCUT2D eigenvalue weighted by Gasteiger charge is 2.16. The third-order valence-electron chi connectivity index (χ3n) is 3.38. The van der Waals surface area contributed by atoms with Crippen LogP contribution in [0.25, 0.3) is 10.8 Å². The van der Waals surface area contributed by atoms with Gasteiger partial charge >= 0.3 is 5.97 Å². The van der Waals surface area contributed by atoms with Crippen LogP contribution in [0.5, 0.6) is 0 Å². The number of aromatic amines is 1. The van der Waals surface area contributed by atoms with E-state index in [-0.39, 0.29) is 11.5 Å². The van der Waals surface area contributed by atoms with E-state index in [9.17, 15) is 9.59 Å². The number of hydrogen-bond acceptors (Lipinski definition) is 3. The summed E-state index contributed by atoms with van der Waals surface area (Å²) in [4.78, 5) is 26.8. The molecule has 0 aliphatic carbocycles. The van der Waals surface area contributed by atoms with Crippen molar-refractivity contribution in [3.63, 3.8) is 0 Å². The number of rotatable bonds is 3. The van der Waals surface area contributed by atoms with Gasteiger partial charge in [0.15, 0.2) is 5.78 Å². The van der Waals surface area contributed by atoms with E-state index >= 15 is 0 Å². The highest BCUT2D eigenvalue weighted by atomic mass is 16.5. The van der Waals surface area contributed by atoms with Gasteiger partial charge in [0.05, 0.1) is 7.11 Å². The van der Waals surface area contributed by atoms with E-state index < -0.39 is 5.97 Å². The van der Waals surface area contributed by atoms with Crippen LogP contribution < -0.4 is 0 Å². The number of aromatic nitrogens is 1. The van der Waals surface area contributed by atoms with Crippen molar-refractivity contribution >= 4 is 22.5 Å². The molecular weight excluding hydrogens is 266 g/mol. The van der Waals surface area contributed by atoms with E-state index in [4.69, 9.17) is 0 Å². The van der Waals surface area contributed by atoms with Gasteiger partial charge in [-0.05, 0) is 16.8 Å². The number of carbonyl (C=O) groups excluding carboxylic acids is 2. The first-order valence-electron chi connectivity index (χ1n) is 6.50. The van der Waals surface area contributed by atoms with Crippen LogP contribution >= 0.6 is 0 Å². The van der Waals surface area contributed by atoms with Gasteiger partial charge in [-0.1, -0.05) is 42.5 Å². The Labute approximate surface area is 121 Å². The van der Waals surface area contributed by atoms with Gasteiger partial charge in [0.25, 0.3) is 0 Å². The summed E-state index contributed by atoms with van der Waals surface area (Å²) >= 11 is 0. The van der Waals surface area contributed by atoms with Crippen LogP contribution in [-0.2, 0) is 4.74 Å². The number of carbonyl (C=O) groups is 2. The monoisotopic (exact) mass is 279 g/mol. The Morgan fingerprint density at radius 3 is 2.62 bits per heavy atom. The lowest BCUT2D eigenvalue weighted by molar-refractivity contribution is 0.0595. The van der Waals surface area contributed by atoms with Crippen LogP contribution in [0.15, 0.2) is 54.7 Å². The molecule has 0 atom stereocenters. The molecule has 0 amide bonds. The number of ether oxygens (including phenoxy) is 1.